The van der Waals surface area contributed by atoms with Gasteiger partial charge in [0.2, 0.25) is 0 Å². The minimum atomic E-state index is -0.698. The van der Waals surface area contributed by atoms with Crippen molar-refractivity contribution in [3.8, 4) is 0 Å². The van der Waals surface area contributed by atoms with E-state index in [0.717, 1.165) is 0 Å². The minimum Gasteiger partial charge on any atom is -0.384 e. The molecule has 14 heavy (non-hydrogen) atoms. The van der Waals surface area contributed by atoms with Crippen LogP contribution in [0.15, 0.2) is 12.3 Å². The third-order valence-corrected chi connectivity index (χ3v) is 2.23. The van der Waals surface area contributed by atoms with Crippen LogP contribution < -0.4 is 0 Å². The second-order valence-corrected chi connectivity index (χ2v) is 3.34. The molecule has 5 heteroatoms. The highest BCUT2D eigenvalue weighted by Crippen LogP contribution is 2.19. The highest BCUT2D eigenvalue weighted by molar-refractivity contribution is 5.05. The fourth-order valence-corrected chi connectivity index (χ4v) is 1.47. The molecule has 1 aliphatic heterocycles. The van der Waals surface area contributed by atoms with E-state index in [4.69, 9.17) is 9.47 Å². The van der Waals surface area contributed by atoms with Crippen LogP contribution >= 0.6 is 0 Å². The fraction of sp³-hybridized carbons (Fsp3) is 0.667. The zero-order valence-electron chi connectivity index (χ0n) is 8.09. The maximum absolute atomic E-state index is 9.88. The van der Waals surface area contributed by atoms with E-state index < -0.39 is 6.10 Å². The maximum Gasteiger partial charge on any atom is 0.126 e. The molecule has 0 aliphatic carbocycles. The van der Waals surface area contributed by atoms with Crippen molar-refractivity contribution in [2.45, 2.75) is 12.2 Å². The number of hydrogen-bond donors (Lipinski definition) is 1. The largest absolute Gasteiger partial charge is 0.384 e. The molecular formula is C9H14N2O3. The summed E-state index contributed by atoms with van der Waals surface area (Å²) >= 11 is 0. The van der Waals surface area contributed by atoms with Gasteiger partial charge in [-0.3, -0.25) is 4.68 Å². The number of aliphatic hydroxyl groups is 1. The van der Waals surface area contributed by atoms with Gasteiger partial charge in [-0.2, -0.15) is 5.10 Å². The molecule has 2 heterocycles. The van der Waals surface area contributed by atoms with Crippen LogP contribution in [0.5, 0.6) is 0 Å². The van der Waals surface area contributed by atoms with Gasteiger partial charge in [-0.25, -0.2) is 0 Å². The lowest BCUT2D eigenvalue weighted by Gasteiger charge is -2.26. The molecule has 1 fully saturated rings. The lowest BCUT2D eigenvalue weighted by molar-refractivity contribution is -0.134. The van der Waals surface area contributed by atoms with Gasteiger partial charge in [-0.1, -0.05) is 0 Å². The molecule has 5 nitrogen and oxygen atoms in total. The van der Waals surface area contributed by atoms with Crippen LogP contribution in [0.2, 0.25) is 0 Å². The number of nitrogens with zero attached hydrogens (tertiary/aromatic N) is 2. The van der Waals surface area contributed by atoms with E-state index in [1.54, 1.807) is 16.9 Å². The molecule has 0 saturated carbocycles. The van der Waals surface area contributed by atoms with Gasteiger partial charge < -0.3 is 14.6 Å². The average Bonchev–Trinajstić information content (AvgIpc) is 2.65. The number of aryl methyl sites for hydroxylation is 1. The second-order valence-electron chi connectivity index (χ2n) is 3.34. The summed E-state index contributed by atoms with van der Waals surface area (Å²) in [5.74, 6) is 0. The number of hydrogen-bond acceptors (Lipinski definition) is 4. The first-order valence-electron chi connectivity index (χ1n) is 4.64. The van der Waals surface area contributed by atoms with Crippen LogP contribution in [0.25, 0.3) is 0 Å². The van der Waals surface area contributed by atoms with Gasteiger partial charge in [0.05, 0.1) is 25.5 Å². The molecule has 0 amide bonds. The Balaban J connectivity index is 2.03. The summed E-state index contributed by atoms with van der Waals surface area (Å²) in [5.41, 5.74) is 0.628. The molecule has 2 atom stereocenters. The van der Waals surface area contributed by atoms with Crippen molar-refractivity contribution in [1.29, 1.82) is 0 Å². The zero-order chi connectivity index (χ0) is 9.97. The fourth-order valence-electron chi connectivity index (χ4n) is 1.47. The van der Waals surface area contributed by atoms with Gasteiger partial charge in [0.1, 0.15) is 12.2 Å². The Kier molecular flexibility index (Phi) is 2.81. The molecule has 0 radical (unpaired) electrons. The number of rotatable bonds is 2. The summed E-state index contributed by atoms with van der Waals surface area (Å²) in [4.78, 5) is 0. The summed E-state index contributed by atoms with van der Waals surface area (Å²) in [7, 11) is 1.81. The van der Waals surface area contributed by atoms with Gasteiger partial charge in [-0.05, 0) is 6.07 Å². The van der Waals surface area contributed by atoms with Gasteiger partial charge in [0, 0.05) is 13.2 Å². The summed E-state index contributed by atoms with van der Waals surface area (Å²) < 4.78 is 12.2. The molecule has 1 aromatic heterocycles. The first-order chi connectivity index (χ1) is 6.77. The molecule has 1 saturated heterocycles. The van der Waals surface area contributed by atoms with Crippen LogP contribution in [-0.4, -0.2) is 40.8 Å². The standard InChI is InChI=1S/C9H14N2O3/c1-11-3-2-7(10-11)9(12)8-6-13-4-5-14-8/h2-3,8-9,12H,4-6H2,1H3. The monoisotopic (exact) mass is 198 g/mol. The SMILES string of the molecule is Cn1ccc(C(O)C2COCCO2)n1. The minimum absolute atomic E-state index is 0.293. The van der Waals surface area contributed by atoms with E-state index in [0.29, 0.717) is 25.5 Å². The zero-order valence-corrected chi connectivity index (χ0v) is 8.09. The average molecular weight is 198 g/mol. The van der Waals surface area contributed by atoms with Gasteiger partial charge in [-0.15, -0.1) is 0 Å². The lowest BCUT2D eigenvalue weighted by Crippen LogP contribution is -2.34. The summed E-state index contributed by atoms with van der Waals surface area (Å²) in [5, 5.41) is 14.0. The van der Waals surface area contributed by atoms with Crippen molar-refractivity contribution in [3.05, 3.63) is 18.0 Å². The third kappa shape index (κ3) is 1.95. The Bertz CT molecular complexity index is 294. The third-order valence-electron chi connectivity index (χ3n) is 2.23. The summed E-state index contributed by atoms with van der Waals surface area (Å²) in [6.07, 6.45) is 0.803. The van der Waals surface area contributed by atoms with Crippen LogP contribution in [0.1, 0.15) is 11.8 Å². The molecule has 1 N–H and O–H groups in total. The Hall–Kier alpha value is -0.910. The van der Waals surface area contributed by atoms with Crippen molar-refractivity contribution in [2.75, 3.05) is 19.8 Å². The van der Waals surface area contributed by atoms with Crippen molar-refractivity contribution < 1.29 is 14.6 Å². The Morgan fingerprint density at radius 3 is 3.07 bits per heavy atom. The van der Waals surface area contributed by atoms with E-state index in [-0.39, 0.29) is 6.10 Å². The van der Waals surface area contributed by atoms with Crippen molar-refractivity contribution in [3.63, 3.8) is 0 Å². The summed E-state index contributed by atoms with van der Waals surface area (Å²) in [6.45, 7) is 1.57. The summed E-state index contributed by atoms with van der Waals surface area (Å²) in [6, 6.07) is 1.78. The van der Waals surface area contributed by atoms with E-state index in [1.807, 2.05) is 7.05 Å². The van der Waals surface area contributed by atoms with E-state index in [9.17, 15) is 5.11 Å². The normalized spacial score (nSPS) is 24.9. The molecule has 1 aromatic rings. The van der Waals surface area contributed by atoms with E-state index in [2.05, 4.69) is 5.10 Å². The molecule has 0 spiro atoms. The molecular weight excluding hydrogens is 184 g/mol. The van der Waals surface area contributed by atoms with Crippen molar-refractivity contribution >= 4 is 0 Å². The highest BCUT2D eigenvalue weighted by atomic mass is 16.6. The first-order valence-corrected chi connectivity index (χ1v) is 4.64. The van der Waals surface area contributed by atoms with Gasteiger partial charge in [0.15, 0.2) is 0 Å². The molecule has 1 aliphatic rings. The predicted molar refractivity (Wildman–Crippen MR) is 48.7 cm³/mol. The van der Waals surface area contributed by atoms with Crippen molar-refractivity contribution in [1.82, 2.24) is 9.78 Å². The molecule has 0 aromatic carbocycles. The number of aliphatic hydroxyl groups excluding tert-OH is 1. The van der Waals surface area contributed by atoms with Gasteiger partial charge >= 0.3 is 0 Å². The molecule has 78 valence electrons. The Morgan fingerprint density at radius 1 is 1.64 bits per heavy atom. The van der Waals surface area contributed by atoms with Crippen molar-refractivity contribution in [2.24, 2.45) is 7.05 Å². The van der Waals surface area contributed by atoms with Crippen LogP contribution in [0.3, 0.4) is 0 Å². The van der Waals surface area contributed by atoms with Gasteiger partial charge in [0.25, 0.3) is 0 Å². The molecule has 2 unspecified atom stereocenters. The highest BCUT2D eigenvalue weighted by Gasteiger charge is 2.26. The van der Waals surface area contributed by atoms with Crippen LogP contribution in [0.4, 0.5) is 0 Å². The second kappa shape index (κ2) is 4.08. The lowest BCUT2D eigenvalue weighted by atomic mass is 10.1. The molecule has 0 bridgehead atoms. The topological polar surface area (TPSA) is 56.5 Å². The number of ether oxygens (including phenoxy) is 2. The van der Waals surface area contributed by atoms with Crippen LogP contribution in [0, 0.1) is 0 Å². The Labute approximate surface area is 82.2 Å². The van der Waals surface area contributed by atoms with E-state index in [1.165, 1.54) is 0 Å². The number of aromatic nitrogens is 2. The van der Waals surface area contributed by atoms with Crippen LogP contribution in [-0.2, 0) is 16.5 Å². The Morgan fingerprint density at radius 2 is 2.50 bits per heavy atom. The van der Waals surface area contributed by atoms with E-state index >= 15 is 0 Å². The molecule has 2 rings (SSSR count). The smallest absolute Gasteiger partial charge is 0.126 e. The maximum atomic E-state index is 9.88. The quantitative estimate of drug-likeness (QED) is 0.719. The predicted octanol–water partition coefficient (Wildman–Crippen LogP) is -0.131. The first kappa shape index (κ1) is 9.64.